The van der Waals surface area contributed by atoms with E-state index in [1.54, 1.807) is 6.92 Å². The van der Waals surface area contributed by atoms with E-state index in [1.807, 2.05) is 30.3 Å². The van der Waals surface area contributed by atoms with Crippen LogP contribution < -0.4 is 0 Å². The fourth-order valence-electron chi connectivity index (χ4n) is 1.69. The second kappa shape index (κ2) is 6.24. The van der Waals surface area contributed by atoms with Crippen LogP contribution in [0.4, 0.5) is 0 Å². The number of hydrogen-bond acceptors (Lipinski definition) is 2. The van der Waals surface area contributed by atoms with E-state index in [0.29, 0.717) is 12.3 Å². The second-order valence-corrected chi connectivity index (χ2v) is 8.57. The van der Waals surface area contributed by atoms with Gasteiger partial charge in [-0.1, -0.05) is 59.0 Å². The van der Waals surface area contributed by atoms with Crippen molar-refractivity contribution in [1.29, 1.82) is 0 Å². The van der Waals surface area contributed by atoms with Crippen LogP contribution in [-0.2, 0) is 4.79 Å². The van der Waals surface area contributed by atoms with Crippen molar-refractivity contribution >= 4 is 19.5 Å². The van der Waals surface area contributed by atoms with Crippen molar-refractivity contribution in [3.8, 4) is 0 Å². The Bertz CT molecular complexity index is 418. The van der Waals surface area contributed by atoms with Crippen molar-refractivity contribution in [2.45, 2.75) is 32.9 Å². The zero-order valence-corrected chi connectivity index (χ0v) is 12.5. The molecule has 0 saturated heterocycles. The Morgan fingerprint density at radius 1 is 1.06 bits per heavy atom. The van der Waals surface area contributed by atoms with Gasteiger partial charge in [0.25, 0.3) is 0 Å². The summed E-state index contributed by atoms with van der Waals surface area (Å²) in [4.78, 5) is 23.5. The fraction of sp³-hybridized carbons (Fsp3) is 0.467. The zero-order chi connectivity index (χ0) is 13.8. The molecule has 0 saturated carbocycles. The lowest BCUT2D eigenvalue weighted by Gasteiger charge is -2.30. The largest absolute Gasteiger partial charge is 0.300 e. The maximum atomic E-state index is 12.2. The molecule has 1 rings (SSSR count). The third kappa shape index (κ3) is 4.70. The van der Waals surface area contributed by atoms with Gasteiger partial charge >= 0.3 is 0 Å². The lowest BCUT2D eigenvalue weighted by Crippen LogP contribution is -2.21. The van der Waals surface area contributed by atoms with Crippen molar-refractivity contribution in [1.82, 2.24) is 0 Å². The molecule has 18 heavy (non-hydrogen) atoms. The summed E-state index contributed by atoms with van der Waals surface area (Å²) < 4.78 is 0. The zero-order valence-electron chi connectivity index (χ0n) is 11.6. The van der Waals surface area contributed by atoms with Gasteiger partial charge in [0, 0.05) is 17.9 Å². The number of carbonyl (C=O) groups excluding carboxylic acids is 2. The fourth-order valence-corrected chi connectivity index (χ4v) is 3.82. The first-order valence-electron chi connectivity index (χ1n) is 6.13. The maximum absolute atomic E-state index is 12.2. The summed E-state index contributed by atoms with van der Waals surface area (Å²) in [5, 5.41) is 0.0332. The normalized spacial score (nSPS) is 13.1. The lowest BCUT2D eigenvalue weighted by molar-refractivity contribution is -0.114. The molecule has 1 aromatic carbocycles. The van der Waals surface area contributed by atoms with Crippen LogP contribution in [0.15, 0.2) is 30.3 Å². The molecule has 1 atom stereocenters. The van der Waals surface area contributed by atoms with E-state index in [1.165, 1.54) is 0 Å². The molecule has 0 heterocycles. The Morgan fingerprint density at radius 2 is 1.61 bits per heavy atom. The Balaban J connectivity index is 2.78. The third-order valence-corrected chi connectivity index (χ3v) is 6.19. The van der Waals surface area contributed by atoms with E-state index >= 15 is 0 Å². The molecular formula is C15H21O2P. The Kier molecular flexibility index (Phi) is 5.22. The quantitative estimate of drug-likeness (QED) is 0.599. The maximum Gasteiger partial charge on any atom is 0.167 e. The summed E-state index contributed by atoms with van der Waals surface area (Å²) in [6.45, 7) is 7.94. The monoisotopic (exact) mass is 264 g/mol. The van der Waals surface area contributed by atoms with Gasteiger partial charge < -0.3 is 0 Å². The number of rotatable bonds is 5. The van der Waals surface area contributed by atoms with Crippen molar-refractivity contribution in [3.63, 3.8) is 0 Å². The first kappa shape index (κ1) is 15.0. The third-order valence-electron chi connectivity index (χ3n) is 2.79. The van der Waals surface area contributed by atoms with Crippen LogP contribution in [0, 0.1) is 0 Å². The Labute approximate surface area is 111 Å². The van der Waals surface area contributed by atoms with Crippen molar-refractivity contribution in [2.75, 3.05) is 12.3 Å². The van der Waals surface area contributed by atoms with E-state index in [2.05, 4.69) is 20.8 Å². The standard InChI is InChI=1S/C15H21O2P/c1-12(16)10-18(15(2,3)4)11-14(17)13-8-6-5-7-9-13/h5-9H,10-11H2,1-4H3. The summed E-state index contributed by atoms with van der Waals surface area (Å²) in [7, 11) is -0.603. The van der Waals surface area contributed by atoms with Crippen LogP contribution in [0.25, 0.3) is 0 Å². The minimum absolute atomic E-state index is 0.0332. The van der Waals surface area contributed by atoms with E-state index < -0.39 is 7.92 Å². The van der Waals surface area contributed by atoms with Crippen LogP contribution in [-0.4, -0.2) is 29.0 Å². The van der Waals surface area contributed by atoms with Crippen molar-refractivity contribution in [3.05, 3.63) is 35.9 Å². The molecule has 0 aliphatic carbocycles. The first-order valence-corrected chi connectivity index (χ1v) is 7.84. The Morgan fingerprint density at radius 3 is 2.06 bits per heavy atom. The summed E-state index contributed by atoms with van der Waals surface area (Å²) in [6, 6.07) is 9.33. The van der Waals surface area contributed by atoms with Gasteiger partial charge in [0.1, 0.15) is 5.78 Å². The van der Waals surface area contributed by atoms with Crippen LogP contribution in [0.3, 0.4) is 0 Å². The molecule has 0 radical (unpaired) electrons. The van der Waals surface area contributed by atoms with E-state index in [-0.39, 0.29) is 16.7 Å². The number of carbonyl (C=O) groups is 2. The molecule has 0 bridgehead atoms. The molecule has 0 amide bonds. The Hall–Kier alpha value is -1.01. The highest BCUT2D eigenvalue weighted by molar-refractivity contribution is 7.61. The molecular weight excluding hydrogens is 243 g/mol. The van der Waals surface area contributed by atoms with E-state index in [0.717, 1.165) is 5.56 Å². The first-order chi connectivity index (χ1) is 8.30. The summed E-state index contributed by atoms with van der Waals surface area (Å²) in [6.07, 6.45) is 1.04. The number of ketones is 2. The van der Waals surface area contributed by atoms with Gasteiger partial charge in [0.2, 0.25) is 0 Å². The van der Waals surface area contributed by atoms with Crippen molar-refractivity contribution in [2.24, 2.45) is 0 Å². The average molecular weight is 264 g/mol. The molecule has 0 aromatic heterocycles. The predicted molar refractivity (Wildman–Crippen MR) is 77.9 cm³/mol. The molecule has 98 valence electrons. The van der Waals surface area contributed by atoms with Crippen LogP contribution in [0.5, 0.6) is 0 Å². The van der Waals surface area contributed by atoms with Crippen LogP contribution >= 0.6 is 7.92 Å². The van der Waals surface area contributed by atoms with Gasteiger partial charge in [-0.3, -0.25) is 9.59 Å². The number of Topliss-reactive ketones (excluding diaryl/α,β-unsaturated/α-hetero) is 2. The lowest BCUT2D eigenvalue weighted by atomic mass is 10.2. The average Bonchev–Trinajstić information content (AvgIpc) is 2.27. The molecule has 0 spiro atoms. The molecule has 2 nitrogen and oxygen atoms in total. The molecule has 0 aliphatic rings. The minimum atomic E-state index is -0.603. The number of hydrogen-bond donors (Lipinski definition) is 0. The summed E-state index contributed by atoms with van der Waals surface area (Å²) in [5.74, 6) is 0.329. The molecule has 0 aliphatic heterocycles. The van der Waals surface area contributed by atoms with Gasteiger partial charge in [-0.05, 0) is 12.1 Å². The van der Waals surface area contributed by atoms with Gasteiger partial charge in [-0.15, -0.1) is 0 Å². The van der Waals surface area contributed by atoms with Crippen LogP contribution in [0.1, 0.15) is 38.1 Å². The SMILES string of the molecule is CC(=O)CP(CC(=O)c1ccccc1)C(C)(C)C. The van der Waals surface area contributed by atoms with Crippen LogP contribution in [0.2, 0.25) is 0 Å². The highest BCUT2D eigenvalue weighted by Gasteiger charge is 2.27. The van der Waals surface area contributed by atoms with Crippen molar-refractivity contribution < 1.29 is 9.59 Å². The van der Waals surface area contributed by atoms with Gasteiger partial charge in [0.15, 0.2) is 5.78 Å². The second-order valence-electron chi connectivity index (χ2n) is 5.52. The molecule has 1 unspecified atom stereocenters. The summed E-state index contributed by atoms with van der Waals surface area (Å²) in [5.41, 5.74) is 0.748. The van der Waals surface area contributed by atoms with Gasteiger partial charge in [-0.25, -0.2) is 0 Å². The van der Waals surface area contributed by atoms with E-state index in [4.69, 9.17) is 0 Å². The molecule has 3 heteroatoms. The highest BCUT2D eigenvalue weighted by Crippen LogP contribution is 2.49. The van der Waals surface area contributed by atoms with E-state index in [9.17, 15) is 9.59 Å². The topological polar surface area (TPSA) is 34.1 Å². The highest BCUT2D eigenvalue weighted by atomic mass is 31.1. The molecule has 1 aromatic rings. The minimum Gasteiger partial charge on any atom is -0.300 e. The van der Waals surface area contributed by atoms with Gasteiger partial charge in [-0.2, -0.15) is 0 Å². The molecule has 0 N–H and O–H groups in total. The predicted octanol–water partition coefficient (Wildman–Crippen LogP) is 3.74. The number of benzene rings is 1. The van der Waals surface area contributed by atoms with Gasteiger partial charge in [0.05, 0.1) is 0 Å². The molecule has 0 fully saturated rings. The smallest absolute Gasteiger partial charge is 0.167 e. The summed E-state index contributed by atoms with van der Waals surface area (Å²) >= 11 is 0.